The number of unbranched alkanes of at least 4 members (excludes halogenated alkanes) is 7. The SMILES string of the molecule is CCCCCCc1ccc(CCOC(=O)CCCCCCCBr)cc1. The Hall–Kier alpha value is -0.830. The van der Waals surface area contributed by atoms with E-state index < -0.39 is 0 Å². The van der Waals surface area contributed by atoms with Crippen LogP contribution in [-0.4, -0.2) is 17.9 Å². The van der Waals surface area contributed by atoms with Crippen LogP contribution in [0.15, 0.2) is 24.3 Å². The van der Waals surface area contributed by atoms with E-state index in [9.17, 15) is 4.79 Å². The van der Waals surface area contributed by atoms with Gasteiger partial charge < -0.3 is 4.74 Å². The van der Waals surface area contributed by atoms with Crippen molar-refractivity contribution < 1.29 is 9.53 Å². The number of hydrogen-bond acceptors (Lipinski definition) is 2. The number of halogens is 1. The smallest absolute Gasteiger partial charge is 0.305 e. The highest BCUT2D eigenvalue weighted by molar-refractivity contribution is 9.09. The number of aryl methyl sites for hydroxylation is 1. The molecule has 0 aromatic heterocycles. The summed E-state index contributed by atoms with van der Waals surface area (Å²) >= 11 is 3.44. The molecule has 0 spiro atoms. The van der Waals surface area contributed by atoms with Crippen molar-refractivity contribution in [1.29, 1.82) is 0 Å². The zero-order chi connectivity index (χ0) is 18.2. The largest absolute Gasteiger partial charge is 0.465 e. The molecule has 1 rings (SSSR count). The number of benzene rings is 1. The van der Waals surface area contributed by atoms with Gasteiger partial charge in [0.25, 0.3) is 0 Å². The third-order valence-electron chi connectivity index (χ3n) is 4.51. The highest BCUT2D eigenvalue weighted by atomic mass is 79.9. The van der Waals surface area contributed by atoms with Gasteiger partial charge in [0.2, 0.25) is 0 Å². The molecular formula is C22H35BrO2. The van der Waals surface area contributed by atoms with E-state index in [0.717, 1.165) is 24.6 Å². The normalized spacial score (nSPS) is 10.8. The van der Waals surface area contributed by atoms with Crippen molar-refractivity contribution in [2.45, 2.75) is 84.0 Å². The lowest BCUT2D eigenvalue weighted by atomic mass is 10.0. The van der Waals surface area contributed by atoms with E-state index in [1.54, 1.807) is 0 Å². The van der Waals surface area contributed by atoms with Crippen LogP contribution in [0.25, 0.3) is 0 Å². The first-order valence-corrected chi connectivity index (χ1v) is 11.2. The molecule has 0 heterocycles. The molecule has 0 unspecified atom stereocenters. The summed E-state index contributed by atoms with van der Waals surface area (Å²) in [6.07, 6.45) is 13.5. The molecule has 0 amide bonds. The molecule has 142 valence electrons. The molecule has 0 aliphatic heterocycles. The zero-order valence-electron chi connectivity index (χ0n) is 15.9. The first-order valence-electron chi connectivity index (χ1n) is 10.1. The van der Waals surface area contributed by atoms with Gasteiger partial charge in [-0.3, -0.25) is 4.79 Å². The Morgan fingerprint density at radius 1 is 0.840 bits per heavy atom. The van der Waals surface area contributed by atoms with E-state index in [2.05, 4.69) is 47.1 Å². The topological polar surface area (TPSA) is 26.3 Å². The fourth-order valence-corrected chi connectivity index (χ4v) is 3.27. The van der Waals surface area contributed by atoms with Crippen LogP contribution in [0.3, 0.4) is 0 Å². The van der Waals surface area contributed by atoms with E-state index in [1.165, 1.54) is 62.5 Å². The third kappa shape index (κ3) is 12.2. The highest BCUT2D eigenvalue weighted by Gasteiger charge is 2.03. The molecule has 1 aromatic rings. The van der Waals surface area contributed by atoms with Crippen LogP contribution in [0.1, 0.15) is 82.3 Å². The summed E-state index contributed by atoms with van der Waals surface area (Å²) in [7, 11) is 0. The second kappa shape index (κ2) is 15.4. The average Bonchev–Trinajstić information content (AvgIpc) is 2.63. The summed E-state index contributed by atoms with van der Waals surface area (Å²) in [6.45, 7) is 2.74. The second-order valence-electron chi connectivity index (χ2n) is 6.80. The molecule has 1 aromatic carbocycles. The third-order valence-corrected chi connectivity index (χ3v) is 5.07. The Kier molecular flexibility index (Phi) is 13.7. The summed E-state index contributed by atoms with van der Waals surface area (Å²) in [5.41, 5.74) is 2.66. The van der Waals surface area contributed by atoms with Gasteiger partial charge in [-0.25, -0.2) is 0 Å². The standard InChI is InChI=1S/C22H35BrO2/c1-2-3-4-8-11-20-13-15-21(16-14-20)17-19-25-22(24)12-9-6-5-7-10-18-23/h13-16H,2-12,17-19H2,1H3. The van der Waals surface area contributed by atoms with Crippen molar-refractivity contribution in [1.82, 2.24) is 0 Å². The van der Waals surface area contributed by atoms with Crippen LogP contribution in [0.2, 0.25) is 0 Å². The fourth-order valence-electron chi connectivity index (χ4n) is 2.88. The number of hydrogen-bond donors (Lipinski definition) is 0. The zero-order valence-corrected chi connectivity index (χ0v) is 17.5. The molecule has 25 heavy (non-hydrogen) atoms. The van der Waals surface area contributed by atoms with E-state index in [0.29, 0.717) is 13.0 Å². The Balaban J connectivity index is 2.07. The maximum Gasteiger partial charge on any atom is 0.305 e. The predicted molar refractivity (Wildman–Crippen MR) is 110 cm³/mol. The Morgan fingerprint density at radius 3 is 2.12 bits per heavy atom. The Labute approximate surface area is 162 Å². The molecule has 2 nitrogen and oxygen atoms in total. The van der Waals surface area contributed by atoms with Crippen LogP contribution in [0.5, 0.6) is 0 Å². The van der Waals surface area contributed by atoms with Gasteiger partial charge >= 0.3 is 5.97 Å². The van der Waals surface area contributed by atoms with Gasteiger partial charge in [0.1, 0.15) is 0 Å². The summed E-state index contributed by atoms with van der Waals surface area (Å²) in [5, 5.41) is 1.08. The van der Waals surface area contributed by atoms with Crippen molar-refractivity contribution in [3.63, 3.8) is 0 Å². The summed E-state index contributed by atoms with van der Waals surface area (Å²) in [6, 6.07) is 8.78. The molecular weight excluding hydrogens is 376 g/mol. The molecule has 0 fully saturated rings. The van der Waals surface area contributed by atoms with E-state index >= 15 is 0 Å². The number of esters is 1. The van der Waals surface area contributed by atoms with Gasteiger partial charge in [-0.2, -0.15) is 0 Å². The summed E-state index contributed by atoms with van der Waals surface area (Å²) in [4.78, 5) is 11.7. The van der Waals surface area contributed by atoms with Gasteiger partial charge in [-0.15, -0.1) is 0 Å². The molecule has 0 saturated heterocycles. The number of carbonyl (C=O) groups is 1. The minimum absolute atomic E-state index is 0.0481. The van der Waals surface area contributed by atoms with E-state index in [1.807, 2.05) is 0 Å². The lowest BCUT2D eigenvalue weighted by Gasteiger charge is -2.06. The second-order valence-corrected chi connectivity index (χ2v) is 7.60. The molecule has 0 N–H and O–H groups in total. The van der Waals surface area contributed by atoms with Gasteiger partial charge in [-0.05, 0) is 36.8 Å². The molecule has 3 heteroatoms. The Morgan fingerprint density at radius 2 is 1.44 bits per heavy atom. The van der Waals surface area contributed by atoms with Crippen molar-refractivity contribution in [2.75, 3.05) is 11.9 Å². The predicted octanol–water partition coefficient (Wildman–Crippen LogP) is 6.63. The van der Waals surface area contributed by atoms with Gasteiger partial charge in [-0.1, -0.05) is 85.6 Å². The van der Waals surface area contributed by atoms with Gasteiger partial charge in [0.15, 0.2) is 0 Å². The van der Waals surface area contributed by atoms with Gasteiger partial charge in [0, 0.05) is 18.2 Å². The molecule has 0 aliphatic rings. The minimum atomic E-state index is -0.0481. The summed E-state index contributed by atoms with van der Waals surface area (Å²) < 4.78 is 5.35. The van der Waals surface area contributed by atoms with Crippen molar-refractivity contribution >= 4 is 21.9 Å². The molecule has 0 atom stereocenters. The lowest BCUT2D eigenvalue weighted by molar-refractivity contribution is -0.143. The van der Waals surface area contributed by atoms with Crippen LogP contribution < -0.4 is 0 Å². The highest BCUT2D eigenvalue weighted by Crippen LogP contribution is 2.11. The maximum absolute atomic E-state index is 11.7. The first-order chi connectivity index (χ1) is 12.3. The van der Waals surface area contributed by atoms with Crippen LogP contribution in [-0.2, 0) is 22.4 Å². The number of ether oxygens (including phenoxy) is 1. The number of alkyl halides is 1. The number of rotatable bonds is 15. The van der Waals surface area contributed by atoms with Crippen LogP contribution in [0.4, 0.5) is 0 Å². The first kappa shape index (κ1) is 22.2. The fraction of sp³-hybridized carbons (Fsp3) is 0.682. The Bertz CT molecular complexity index is 442. The number of carbonyl (C=O) groups excluding carboxylic acids is 1. The molecule has 0 radical (unpaired) electrons. The van der Waals surface area contributed by atoms with Crippen molar-refractivity contribution in [3.05, 3.63) is 35.4 Å². The molecule has 0 bridgehead atoms. The molecule has 0 saturated carbocycles. The van der Waals surface area contributed by atoms with Crippen molar-refractivity contribution in [2.24, 2.45) is 0 Å². The summed E-state index contributed by atoms with van der Waals surface area (Å²) in [5.74, 6) is -0.0481. The van der Waals surface area contributed by atoms with Gasteiger partial charge in [0.05, 0.1) is 6.61 Å². The monoisotopic (exact) mass is 410 g/mol. The molecule has 0 aliphatic carbocycles. The maximum atomic E-state index is 11.7. The van der Waals surface area contributed by atoms with E-state index in [4.69, 9.17) is 4.74 Å². The lowest BCUT2D eigenvalue weighted by Crippen LogP contribution is -2.07. The average molecular weight is 411 g/mol. The quantitative estimate of drug-likeness (QED) is 0.184. The van der Waals surface area contributed by atoms with E-state index in [-0.39, 0.29) is 5.97 Å². The minimum Gasteiger partial charge on any atom is -0.465 e. The van der Waals surface area contributed by atoms with Crippen LogP contribution in [0, 0.1) is 0 Å². The van der Waals surface area contributed by atoms with Crippen molar-refractivity contribution in [3.8, 4) is 0 Å². The van der Waals surface area contributed by atoms with Crippen LogP contribution >= 0.6 is 15.9 Å².